The van der Waals surface area contributed by atoms with Crippen molar-refractivity contribution in [2.75, 3.05) is 0 Å². The van der Waals surface area contributed by atoms with Crippen molar-refractivity contribution in [3.63, 3.8) is 0 Å². The number of aryl methyl sites for hydroxylation is 2. The molecule has 0 aliphatic rings. The molecule has 1 heterocycles. The van der Waals surface area contributed by atoms with Gasteiger partial charge in [0, 0.05) is 18.6 Å². The smallest absolute Gasteiger partial charge is 0.169 e. The molecule has 0 aromatic carbocycles. The molecule has 0 fully saturated rings. The molecule has 144 valence electrons. The Bertz CT molecular complexity index is 382. The Morgan fingerprint density at radius 1 is 0.560 bits per heavy atom. The van der Waals surface area contributed by atoms with E-state index in [0.29, 0.717) is 0 Å². The fourth-order valence-electron chi connectivity index (χ4n) is 3.52. The molecule has 0 spiro atoms. The molecule has 0 amide bonds. The molecule has 1 aromatic heterocycles. The molecule has 1 heteroatoms. The van der Waals surface area contributed by atoms with Gasteiger partial charge in [-0.1, -0.05) is 90.9 Å². The minimum absolute atomic E-state index is 1.18. The normalized spacial score (nSPS) is 11.1. The van der Waals surface area contributed by atoms with Crippen molar-refractivity contribution in [1.29, 1.82) is 0 Å². The van der Waals surface area contributed by atoms with Crippen LogP contribution in [0.5, 0.6) is 0 Å². The number of pyridine rings is 1. The second kappa shape index (κ2) is 16.6. The number of hydrogen-bond donors (Lipinski definition) is 0. The molecule has 1 aromatic rings. The van der Waals surface area contributed by atoms with Crippen molar-refractivity contribution >= 4 is 0 Å². The van der Waals surface area contributed by atoms with Crippen LogP contribution in [-0.4, -0.2) is 0 Å². The van der Waals surface area contributed by atoms with Crippen molar-refractivity contribution in [1.82, 2.24) is 0 Å². The summed E-state index contributed by atoms with van der Waals surface area (Å²) in [4.78, 5) is 0. The molecule has 0 saturated heterocycles. The zero-order chi connectivity index (χ0) is 18.0. The van der Waals surface area contributed by atoms with Crippen molar-refractivity contribution in [2.45, 2.75) is 123 Å². The van der Waals surface area contributed by atoms with E-state index in [1.165, 1.54) is 115 Å². The molecule has 0 N–H and O–H groups in total. The zero-order valence-electron chi connectivity index (χ0n) is 17.3. The molecule has 0 aliphatic heterocycles. The number of nitrogens with zero attached hydrogens (tertiary/aromatic N) is 1. The van der Waals surface area contributed by atoms with Crippen molar-refractivity contribution in [3.8, 4) is 0 Å². The summed E-state index contributed by atoms with van der Waals surface area (Å²) in [5.74, 6) is 0. The molecule has 25 heavy (non-hydrogen) atoms. The van der Waals surface area contributed by atoms with Crippen LogP contribution in [0.15, 0.2) is 24.5 Å². The van der Waals surface area contributed by atoms with E-state index >= 15 is 0 Å². The monoisotopic (exact) mass is 346 g/mol. The summed E-state index contributed by atoms with van der Waals surface area (Å²) in [6.45, 7) is 5.75. The van der Waals surface area contributed by atoms with Gasteiger partial charge in [-0.3, -0.25) is 0 Å². The maximum atomic E-state index is 2.35. The quantitative estimate of drug-likeness (QED) is 0.204. The Balaban J connectivity index is 1.94. The summed E-state index contributed by atoms with van der Waals surface area (Å²) < 4.78 is 2.35. The molecule has 0 saturated carbocycles. The Kier molecular flexibility index (Phi) is 14.7. The molecule has 0 aliphatic carbocycles. The van der Waals surface area contributed by atoms with Gasteiger partial charge in [0.25, 0.3) is 0 Å². The van der Waals surface area contributed by atoms with Gasteiger partial charge in [-0.15, -0.1) is 0 Å². The van der Waals surface area contributed by atoms with Gasteiger partial charge in [0.1, 0.15) is 6.54 Å². The van der Waals surface area contributed by atoms with E-state index in [1.807, 2.05) is 0 Å². The van der Waals surface area contributed by atoms with Crippen LogP contribution in [0.1, 0.15) is 116 Å². The molecular weight excluding hydrogens is 302 g/mol. The van der Waals surface area contributed by atoms with Crippen LogP contribution in [0.25, 0.3) is 0 Å². The van der Waals surface area contributed by atoms with E-state index in [0.717, 1.165) is 0 Å². The first kappa shape index (κ1) is 22.2. The number of aromatic nitrogens is 1. The zero-order valence-corrected chi connectivity index (χ0v) is 17.3. The standard InChI is InChI=1S/C24H44N/c1-3-5-7-9-10-11-12-13-14-15-16-18-24-19-22-25(23-20-24)21-17-8-6-4-2/h19-20,22-23H,3-18,21H2,1-2H3/q+1. The first-order chi connectivity index (χ1) is 12.4. The Labute approximate surface area is 158 Å². The maximum absolute atomic E-state index is 2.35. The number of unbranched alkanes of at least 4 members (excludes halogenated alkanes) is 13. The first-order valence-electron chi connectivity index (χ1n) is 11.3. The lowest BCUT2D eigenvalue weighted by molar-refractivity contribution is -0.697. The third-order valence-electron chi connectivity index (χ3n) is 5.30. The second-order valence-corrected chi connectivity index (χ2v) is 7.79. The largest absolute Gasteiger partial charge is 0.205 e. The molecule has 0 atom stereocenters. The number of hydrogen-bond acceptors (Lipinski definition) is 0. The van der Waals surface area contributed by atoms with Gasteiger partial charge in [-0.05, 0) is 24.8 Å². The Morgan fingerprint density at radius 3 is 1.52 bits per heavy atom. The highest BCUT2D eigenvalue weighted by atomic mass is 14.9. The molecule has 0 unspecified atom stereocenters. The number of rotatable bonds is 17. The van der Waals surface area contributed by atoms with Gasteiger partial charge in [0.15, 0.2) is 12.4 Å². The lowest BCUT2D eigenvalue weighted by Gasteiger charge is -2.03. The minimum Gasteiger partial charge on any atom is -0.205 e. The third-order valence-corrected chi connectivity index (χ3v) is 5.30. The SMILES string of the molecule is CCCCCCCCCCCCCc1cc[n+](CCCCCC)cc1. The summed E-state index contributed by atoms with van der Waals surface area (Å²) in [6, 6.07) is 4.66. The van der Waals surface area contributed by atoms with Gasteiger partial charge in [-0.25, -0.2) is 4.57 Å². The van der Waals surface area contributed by atoms with E-state index in [2.05, 4.69) is 42.9 Å². The Hall–Kier alpha value is -0.850. The third kappa shape index (κ3) is 13.1. The van der Waals surface area contributed by atoms with Crippen LogP contribution in [0.2, 0.25) is 0 Å². The fraction of sp³-hybridized carbons (Fsp3) is 0.792. The maximum Gasteiger partial charge on any atom is 0.169 e. The first-order valence-corrected chi connectivity index (χ1v) is 11.3. The van der Waals surface area contributed by atoms with Crippen molar-refractivity contribution < 1.29 is 4.57 Å². The van der Waals surface area contributed by atoms with E-state index in [9.17, 15) is 0 Å². The van der Waals surface area contributed by atoms with Gasteiger partial charge in [0.2, 0.25) is 0 Å². The van der Waals surface area contributed by atoms with E-state index < -0.39 is 0 Å². The molecular formula is C24H44N+. The average molecular weight is 347 g/mol. The van der Waals surface area contributed by atoms with Crippen LogP contribution in [-0.2, 0) is 13.0 Å². The highest BCUT2D eigenvalue weighted by Crippen LogP contribution is 2.12. The minimum atomic E-state index is 1.18. The lowest BCUT2D eigenvalue weighted by atomic mass is 10.0. The summed E-state index contributed by atoms with van der Waals surface area (Å²) in [5.41, 5.74) is 1.51. The second-order valence-electron chi connectivity index (χ2n) is 7.79. The molecule has 1 rings (SSSR count). The van der Waals surface area contributed by atoms with Gasteiger partial charge >= 0.3 is 0 Å². The van der Waals surface area contributed by atoms with Gasteiger partial charge in [0.05, 0.1) is 0 Å². The molecule has 0 radical (unpaired) electrons. The van der Waals surface area contributed by atoms with Crippen LogP contribution in [0.4, 0.5) is 0 Å². The van der Waals surface area contributed by atoms with Crippen LogP contribution in [0, 0.1) is 0 Å². The van der Waals surface area contributed by atoms with E-state index in [-0.39, 0.29) is 0 Å². The molecule has 0 bridgehead atoms. The highest BCUT2D eigenvalue weighted by molar-refractivity contribution is 5.07. The fourth-order valence-corrected chi connectivity index (χ4v) is 3.52. The lowest BCUT2D eigenvalue weighted by Crippen LogP contribution is -2.32. The summed E-state index contributed by atoms with van der Waals surface area (Å²) in [7, 11) is 0. The van der Waals surface area contributed by atoms with Crippen molar-refractivity contribution in [3.05, 3.63) is 30.1 Å². The average Bonchev–Trinajstić information content (AvgIpc) is 2.64. The van der Waals surface area contributed by atoms with Crippen LogP contribution in [0.3, 0.4) is 0 Å². The van der Waals surface area contributed by atoms with Gasteiger partial charge in [-0.2, -0.15) is 0 Å². The predicted molar refractivity (Wildman–Crippen MR) is 111 cm³/mol. The highest BCUT2D eigenvalue weighted by Gasteiger charge is 2.01. The summed E-state index contributed by atoms with van der Waals surface area (Å²) in [6.07, 6.45) is 26.9. The summed E-state index contributed by atoms with van der Waals surface area (Å²) in [5, 5.41) is 0. The van der Waals surface area contributed by atoms with E-state index in [4.69, 9.17) is 0 Å². The van der Waals surface area contributed by atoms with Crippen LogP contribution >= 0.6 is 0 Å². The van der Waals surface area contributed by atoms with Crippen LogP contribution < -0.4 is 4.57 Å². The van der Waals surface area contributed by atoms with Crippen molar-refractivity contribution in [2.24, 2.45) is 0 Å². The Morgan fingerprint density at radius 2 is 1.00 bits per heavy atom. The molecule has 1 nitrogen and oxygen atoms in total. The predicted octanol–water partition coefficient (Wildman–Crippen LogP) is 7.41. The summed E-state index contributed by atoms with van der Waals surface area (Å²) >= 11 is 0. The topological polar surface area (TPSA) is 3.88 Å². The van der Waals surface area contributed by atoms with Gasteiger partial charge < -0.3 is 0 Å². The van der Waals surface area contributed by atoms with E-state index in [1.54, 1.807) is 0 Å².